The molecule has 23 heavy (non-hydrogen) atoms. The van der Waals surface area contributed by atoms with Crippen LogP contribution in [0.1, 0.15) is 12.0 Å². The van der Waals surface area contributed by atoms with E-state index in [0.717, 1.165) is 19.4 Å². The van der Waals surface area contributed by atoms with E-state index in [1.54, 1.807) is 6.07 Å². The van der Waals surface area contributed by atoms with Gasteiger partial charge in [-0.05, 0) is 30.6 Å². The van der Waals surface area contributed by atoms with Gasteiger partial charge in [-0.3, -0.25) is 0 Å². The van der Waals surface area contributed by atoms with Gasteiger partial charge in [0.25, 0.3) is 0 Å². The van der Waals surface area contributed by atoms with Crippen LogP contribution >= 0.6 is 12.2 Å². The van der Waals surface area contributed by atoms with Crippen LogP contribution in [0.3, 0.4) is 0 Å². The quantitative estimate of drug-likeness (QED) is 0.596. The Balaban J connectivity index is 1.78. The van der Waals surface area contributed by atoms with Crippen LogP contribution in [0.15, 0.2) is 36.4 Å². The van der Waals surface area contributed by atoms with Gasteiger partial charge in [-0.2, -0.15) is 9.97 Å². The molecule has 0 saturated carbocycles. The van der Waals surface area contributed by atoms with Crippen LogP contribution in [0.2, 0.25) is 0 Å². The third-order valence-electron chi connectivity index (χ3n) is 3.09. The lowest BCUT2D eigenvalue weighted by atomic mass is 10.1. The Labute approximate surface area is 141 Å². The summed E-state index contributed by atoms with van der Waals surface area (Å²) >= 11 is 5.24. The number of anilines is 1. The van der Waals surface area contributed by atoms with Crippen LogP contribution < -0.4 is 20.1 Å². The molecule has 0 atom stereocenters. The van der Waals surface area contributed by atoms with Crippen molar-refractivity contribution in [2.45, 2.75) is 12.8 Å². The predicted molar refractivity (Wildman–Crippen MR) is 94.1 cm³/mol. The molecule has 0 saturated heterocycles. The first-order valence-corrected chi connectivity index (χ1v) is 7.68. The lowest BCUT2D eigenvalue weighted by Gasteiger charge is -2.11. The summed E-state index contributed by atoms with van der Waals surface area (Å²) in [5.41, 5.74) is 1.31. The minimum Gasteiger partial charge on any atom is -0.481 e. The van der Waals surface area contributed by atoms with Gasteiger partial charge in [0.1, 0.15) is 0 Å². The number of hydrogen-bond donors (Lipinski definition) is 2. The van der Waals surface area contributed by atoms with E-state index in [0.29, 0.717) is 22.8 Å². The second-order valence-corrected chi connectivity index (χ2v) is 5.15. The van der Waals surface area contributed by atoms with Gasteiger partial charge in [-0.25, -0.2) is 0 Å². The summed E-state index contributed by atoms with van der Waals surface area (Å²) in [4.78, 5) is 8.33. The molecule has 0 radical (unpaired) electrons. The maximum Gasteiger partial charge on any atom is 0.235 e. The van der Waals surface area contributed by atoms with Crippen molar-refractivity contribution in [3.8, 4) is 11.8 Å². The minimum atomic E-state index is 0.335. The number of aromatic nitrogens is 2. The summed E-state index contributed by atoms with van der Waals surface area (Å²) in [5.74, 6) is 1.15. The van der Waals surface area contributed by atoms with Crippen molar-refractivity contribution in [3.63, 3.8) is 0 Å². The molecule has 0 amide bonds. The molecule has 7 heteroatoms. The van der Waals surface area contributed by atoms with Crippen molar-refractivity contribution in [2.24, 2.45) is 0 Å². The number of aryl methyl sites for hydroxylation is 1. The van der Waals surface area contributed by atoms with Gasteiger partial charge in [-0.1, -0.05) is 30.3 Å². The Morgan fingerprint density at radius 2 is 1.74 bits per heavy atom. The van der Waals surface area contributed by atoms with E-state index in [1.165, 1.54) is 19.8 Å². The second-order valence-electron chi connectivity index (χ2n) is 4.75. The molecule has 0 unspecified atom stereocenters. The Hall–Kier alpha value is -2.41. The number of ether oxygens (including phenoxy) is 2. The van der Waals surface area contributed by atoms with Crippen molar-refractivity contribution >= 4 is 23.3 Å². The van der Waals surface area contributed by atoms with Crippen molar-refractivity contribution in [1.29, 1.82) is 0 Å². The molecule has 0 fully saturated rings. The first-order chi connectivity index (χ1) is 11.2. The lowest BCUT2D eigenvalue weighted by molar-refractivity contribution is 0.373. The molecule has 1 aromatic carbocycles. The number of thiocarbonyl (C=S) groups is 1. The first-order valence-electron chi connectivity index (χ1n) is 7.27. The predicted octanol–water partition coefficient (Wildman–Crippen LogP) is 2.41. The molecule has 2 rings (SSSR count). The van der Waals surface area contributed by atoms with E-state index in [9.17, 15) is 0 Å². The van der Waals surface area contributed by atoms with Crippen LogP contribution in [-0.2, 0) is 6.42 Å². The number of nitrogens with zero attached hydrogens (tertiary/aromatic N) is 2. The smallest absolute Gasteiger partial charge is 0.235 e. The minimum absolute atomic E-state index is 0.335. The van der Waals surface area contributed by atoms with Crippen LogP contribution in [0, 0.1) is 0 Å². The van der Waals surface area contributed by atoms with Gasteiger partial charge >= 0.3 is 0 Å². The maximum absolute atomic E-state index is 5.24. The maximum atomic E-state index is 5.24. The first kappa shape index (κ1) is 17.0. The van der Waals surface area contributed by atoms with Gasteiger partial charge in [0.05, 0.1) is 20.3 Å². The average molecular weight is 332 g/mol. The molecule has 0 spiro atoms. The largest absolute Gasteiger partial charge is 0.481 e. The van der Waals surface area contributed by atoms with Crippen LogP contribution in [0.25, 0.3) is 0 Å². The molecule has 6 nitrogen and oxygen atoms in total. The highest BCUT2D eigenvalue weighted by atomic mass is 32.1. The monoisotopic (exact) mass is 332 g/mol. The molecule has 2 aromatic rings. The fraction of sp³-hybridized carbons (Fsp3) is 0.312. The summed E-state index contributed by atoms with van der Waals surface area (Å²) in [6, 6.07) is 11.9. The van der Waals surface area contributed by atoms with Crippen molar-refractivity contribution in [3.05, 3.63) is 42.0 Å². The third-order valence-corrected chi connectivity index (χ3v) is 3.34. The normalized spacial score (nSPS) is 10.0. The van der Waals surface area contributed by atoms with Crippen molar-refractivity contribution < 1.29 is 9.47 Å². The lowest BCUT2D eigenvalue weighted by Crippen LogP contribution is -2.30. The summed E-state index contributed by atoms with van der Waals surface area (Å²) in [5, 5.41) is 6.53. The van der Waals surface area contributed by atoms with Gasteiger partial charge in [-0.15, -0.1) is 0 Å². The molecule has 1 aromatic heterocycles. The second kappa shape index (κ2) is 8.89. The zero-order valence-electron chi connectivity index (χ0n) is 13.2. The number of rotatable bonds is 7. The summed E-state index contributed by atoms with van der Waals surface area (Å²) < 4.78 is 10.2. The summed E-state index contributed by atoms with van der Waals surface area (Å²) in [6.45, 7) is 0.766. The van der Waals surface area contributed by atoms with Gasteiger partial charge in [0.2, 0.25) is 17.7 Å². The third kappa shape index (κ3) is 5.71. The van der Waals surface area contributed by atoms with Crippen molar-refractivity contribution in [1.82, 2.24) is 15.3 Å². The fourth-order valence-electron chi connectivity index (χ4n) is 1.95. The molecule has 0 aliphatic rings. The zero-order chi connectivity index (χ0) is 16.5. The molecular weight excluding hydrogens is 312 g/mol. The summed E-state index contributed by atoms with van der Waals surface area (Å²) in [7, 11) is 3.07. The zero-order valence-corrected chi connectivity index (χ0v) is 14.0. The molecule has 0 aliphatic heterocycles. The Kier molecular flexibility index (Phi) is 6.56. The average Bonchev–Trinajstić information content (AvgIpc) is 2.59. The van der Waals surface area contributed by atoms with Crippen LogP contribution in [0.5, 0.6) is 11.8 Å². The van der Waals surface area contributed by atoms with Gasteiger partial charge in [0.15, 0.2) is 5.11 Å². The molecule has 2 N–H and O–H groups in total. The van der Waals surface area contributed by atoms with E-state index in [4.69, 9.17) is 21.7 Å². The molecule has 0 aliphatic carbocycles. The highest BCUT2D eigenvalue weighted by Crippen LogP contribution is 2.17. The van der Waals surface area contributed by atoms with Crippen LogP contribution in [-0.4, -0.2) is 35.8 Å². The Bertz CT molecular complexity index is 615. The van der Waals surface area contributed by atoms with Crippen molar-refractivity contribution in [2.75, 3.05) is 26.1 Å². The number of benzene rings is 1. The summed E-state index contributed by atoms with van der Waals surface area (Å²) in [6.07, 6.45) is 1.98. The fourth-order valence-corrected chi connectivity index (χ4v) is 2.15. The molecule has 1 heterocycles. The molecular formula is C16H20N4O2S. The molecule has 122 valence electrons. The van der Waals surface area contributed by atoms with Crippen LogP contribution in [0.4, 0.5) is 5.95 Å². The number of hydrogen-bond acceptors (Lipinski definition) is 5. The van der Waals surface area contributed by atoms with E-state index < -0.39 is 0 Å². The van der Waals surface area contributed by atoms with E-state index in [2.05, 4.69) is 32.7 Å². The SMILES string of the molecule is COc1cc(OC)nc(NC(=S)NCCCc2ccccc2)n1. The van der Waals surface area contributed by atoms with E-state index in [-0.39, 0.29) is 0 Å². The van der Waals surface area contributed by atoms with E-state index in [1.807, 2.05) is 18.2 Å². The number of methoxy groups -OCH3 is 2. The Morgan fingerprint density at radius 3 is 2.35 bits per heavy atom. The van der Waals surface area contributed by atoms with Gasteiger partial charge < -0.3 is 20.1 Å². The molecule has 0 bridgehead atoms. The standard InChI is InChI=1S/C16H20N4O2S/c1-21-13-11-14(22-2)19-15(18-13)20-16(23)17-10-6-9-12-7-4-3-5-8-12/h3-5,7-8,11H,6,9-10H2,1-2H3,(H2,17,18,19,20,23). The topological polar surface area (TPSA) is 68.3 Å². The Morgan fingerprint density at radius 1 is 1.09 bits per heavy atom. The van der Waals surface area contributed by atoms with E-state index >= 15 is 0 Å². The highest BCUT2D eigenvalue weighted by Gasteiger charge is 2.06. The highest BCUT2D eigenvalue weighted by molar-refractivity contribution is 7.80. The number of nitrogens with one attached hydrogen (secondary N) is 2. The van der Waals surface area contributed by atoms with Gasteiger partial charge in [0, 0.05) is 6.54 Å².